The molecule has 0 fully saturated rings. The van der Waals surface area contributed by atoms with Gasteiger partial charge in [-0.25, -0.2) is 9.59 Å². The molecule has 1 aromatic carbocycles. The number of fused-ring (bicyclic) bond motifs is 1. The monoisotopic (exact) mass is 380 g/mol. The van der Waals surface area contributed by atoms with Gasteiger partial charge in [0.05, 0.1) is 18.8 Å². The molecular weight excluding hydrogens is 364 g/mol. The van der Waals surface area contributed by atoms with E-state index in [0.717, 1.165) is 10.0 Å². The maximum Gasteiger partial charge on any atom is 0.338 e. The van der Waals surface area contributed by atoms with Crippen LogP contribution >= 0.6 is 15.9 Å². The highest BCUT2D eigenvalue weighted by atomic mass is 79.9. The SMILES string of the molecule is CCOC(=O)/C=C1\COc2ccc(Br)cc2C=C1C(=O)OCC. The number of hydrogen-bond donors (Lipinski definition) is 0. The third-order valence-electron chi connectivity index (χ3n) is 3.07. The summed E-state index contributed by atoms with van der Waals surface area (Å²) in [7, 11) is 0. The average molecular weight is 381 g/mol. The van der Waals surface area contributed by atoms with Crippen LogP contribution in [-0.2, 0) is 19.1 Å². The number of esters is 2. The zero-order valence-electron chi connectivity index (χ0n) is 12.9. The van der Waals surface area contributed by atoms with Gasteiger partial charge < -0.3 is 14.2 Å². The van der Waals surface area contributed by atoms with Gasteiger partial charge in [0.25, 0.3) is 0 Å². The lowest BCUT2D eigenvalue weighted by Crippen LogP contribution is -2.14. The van der Waals surface area contributed by atoms with E-state index in [-0.39, 0.29) is 25.4 Å². The molecule has 0 amide bonds. The van der Waals surface area contributed by atoms with E-state index in [9.17, 15) is 9.59 Å². The van der Waals surface area contributed by atoms with Crippen LogP contribution < -0.4 is 4.74 Å². The highest BCUT2D eigenvalue weighted by molar-refractivity contribution is 9.10. The number of ether oxygens (including phenoxy) is 3. The van der Waals surface area contributed by atoms with Gasteiger partial charge in [-0.2, -0.15) is 0 Å². The number of benzene rings is 1. The first-order valence-corrected chi connectivity index (χ1v) is 8.03. The fourth-order valence-electron chi connectivity index (χ4n) is 2.09. The van der Waals surface area contributed by atoms with Gasteiger partial charge in [0.15, 0.2) is 0 Å². The van der Waals surface area contributed by atoms with Crippen LogP contribution in [0.2, 0.25) is 0 Å². The summed E-state index contributed by atoms with van der Waals surface area (Å²) in [4.78, 5) is 24.0. The molecule has 0 saturated carbocycles. The van der Waals surface area contributed by atoms with Crippen molar-refractivity contribution >= 4 is 33.9 Å². The predicted molar refractivity (Wildman–Crippen MR) is 89.0 cm³/mol. The standard InChI is InChI=1S/C17H17BrO5/c1-3-21-16(19)9-12-10-23-15-6-5-13(18)7-11(15)8-14(12)17(20)22-4-2/h5-9H,3-4,10H2,1-2H3/b12-9+. The van der Waals surface area contributed by atoms with Gasteiger partial charge in [-0.1, -0.05) is 15.9 Å². The Morgan fingerprint density at radius 2 is 2.00 bits per heavy atom. The van der Waals surface area contributed by atoms with Crippen molar-refractivity contribution in [2.45, 2.75) is 13.8 Å². The summed E-state index contributed by atoms with van der Waals surface area (Å²) >= 11 is 3.39. The first kappa shape index (κ1) is 17.3. The molecule has 23 heavy (non-hydrogen) atoms. The summed E-state index contributed by atoms with van der Waals surface area (Å²) in [6.07, 6.45) is 2.93. The number of halogens is 1. The Morgan fingerprint density at radius 3 is 2.70 bits per heavy atom. The summed E-state index contributed by atoms with van der Waals surface area (Å²) in [6.45, 7) is 4.03. The molecular formula is C17H17BrO5. The normalized spacial score (nSPS) is 15.1. The van der Waals surface area contributed by atoms with E-state index in [1.807, 2.05) is 12.1 Å². The Balaban J connectivity index is 2.46. The van der Waals surface area contributed by atoms with Crippen LogP contribution in [0, 0.1) is 0 Å². The van der Waals surface area contributed by atoms with Crippen molar-refractivity contribution in [2.24, 2.45) is 0 Å². The van der Waals surface area contributed by atoms with E-state index in [4.69, 9.17) is 14.2 Å². The Hall–Kier alpha value is -2.08. The summed E-state index contributed by atoms with van der Waals surface area (Å²) in [5.41, 5.74) is 1.45. The molecule has 0 saturated heterocycles. The van der Waals surface area contributed by atoms with Crippen molar-refractivity contribution in [1.82, 2.24) is 0 Å². The Kier molecular flexibility index (Phi) is 5.98. The Bertz CT molecular complexity index is 676. The van der Waals surface area contributed by atoms with Crippen LogP contribution in [-0.4, -0.2) is 31.8 Å². The van der Waals surface area contributed by atoms with Crippen LogP contribution in [0.25, 0.3) is 6.08 Å². The molecule has 0 bridgehead atoms. The molecule has 2 rings (SSSR count). The molecule has 1 aliphatic rings. The van der Waals surface area contributed by atoms with Gasteiger partial charge in [-0.3, -0.25) is 0 Å². The van der Waals surface area contributed by atoms with Crippen molar-refractivity contribution in [3.8, 4) is 5.75 Å². The van der Waals surface area contributed by atoms with E-state index in [0.29, 0.717) is 11.3 Å². The predicted octanol–water partition coefficient (Wildman–Crippen LogP) is 3.28. The average Bonchev–Trinajstić information content (AvgIpc) is 2.67. The van der Waals surface area contributed by atoms with E-state index in [1.54, 1.807) is 26.0 Å². The molecule has 122 valence electrons. The van der Waals surface area contributed by atoms with E-state index in [2.05, 4.69) is 15.9 Å². The van der Waals surface area contributed by atoms with Crippen molar-refractivity contribution in [2.75, 3.05) is 19.8 Å². The summed E-state index contributed by atoms with van der Waals surface area (Å²) in [6, 6.07) is 5.48. The van der Waals surface area contributed by atoms with E-state index >= 15 is 0 Å². The second-order valence-electron chi connectivity index (χ2n) is 4.67. The van der Waals surface area contributed by atoms with Crippen LogP contribution in [0.3, 0.4) is 0 Å². The molecule has 0 spiro atoms. The minimum Gasteiger partial charge on any atom is -0.488 e. The van der Waals surface area contributed by atoms with E-state index in [1.165, 1.54) is 6.08 Å². The molecule has 6 heteroatoms. The molecule has 0 aromatic heterocycles. The second kappa shape index (κ2) is 7.97. The zero-order chi connectivity index (χ0) is 16.8. The molecule has 1 aromatic rings. The van der Waals surface area contributed by atoms with Crippen molar-refractivity contribution in [1.29, 1.82) is 0 Å². The van der Waals surface area contributed by atoms with Gasteiger partial charge in [0.1, 0.15) is 12.4 Å². The van der Waals surface area contributed by atoms with Gasteiger partial charge in [0, 0.05) is 21.7 Å². The lowest BCUT2D eigenvalue weighted by Gasteiger charge is -2.09. The summed E-state index contributed by atoms with van der Waals surface area (Å²) in [5, 5.41) is 0. The summed E-state index contributed by atoms with van der Waals surface area (Å²) in [5.74, 6) is -0.393. The second-order valence-corrected chi connectivity index (χ2v) is 5.59. The highest BCUT2D eigenvalue weighted by Gasteiger charge is 2.22. The molecule has 0 radical (unpaired) electrons. The highest BCUT2D eigenvalue weighted by Crippen LogP contribution is 2.31. The Morgan fingerprint density at radius 1 is 1.26 bits per heavy atom. The maximum atomic E-state index is 12.2. The molecule has 1 heterocycles. The maximum absolute atomic E-state index is 12.2. The third-order valence-corrected chi connectivity index (χ3v) is 3.57. The number of carbonyl (C=O) groups is 2. The lowest BCUT2D eigenvalue weighted by atomic mass is 10.0. The Labute approximate surface area is 143 Å². The quantitative estimate of drug-likeness (QED) is 0.592. The zero-order valence-corrected chi connectivity index (χ0v) is 14.5. The van der Waals surface area contributed by atoms with Crippen molar-refractivity contribution < 1.29 is 23.8 Å². The minimum absolute atomic E-state index is 0.0814. The van der Waals surface area contributed by atoms with Crippen molar-refractivity contribution in [3.63, 3.8) is 0 Å². The smallest absolute Gasteiger partial charge is 0.338 e. The van der Waals surface area contributed by atoms with Crippen molar-refractivity contribution in [3.05, 3.63) is 45.5 Å². The molecule has 0 N–H and O–H groups in total. The molecule has 0 aliphatic carbocycles. The fraction of sp³-hybridized carbons (Fsp3) is 0.294. The van der Waals surface area contributed by atoms with Gasteiger partial charge in [-0.15, -0.1) is 0 Å². The third kappa shape index (κ3) is 4.45. The van der Waals surface area contributed by atoms with E-state index < -0.39 is 11.9 Å². The first-order chi connectivity index (χ1) is 11.0. The first-order valence-electron chi connectivity index (χ1n) is 7.24. The molecule has 0 atom stereocenters. The minimum atomic E-state index is -0.520. The largest absolute Gasteiger partial charge is 0.488 e. The van der Waals surface area contributed by atoms with Gasteiger partial charge in [0.2, 0.25) is 0 Å². The fourth-order valence-corrected chi connectivity index (χ4v) is 2.47. The van der Waals surface area contributed by atoms with Crippen LogP contribution in [0.15, 0.2) is 39.9 Å². The topological polar surface area (TPSA) is 61.8 Å². The van der Waals surface area contributed by atoms with Gasteiger partial charge >= 0.3 is 11.9 Å². The molecule has 1 aliphatic heterocycles. The lowest BCUT2D eigenvalue weighted by molar-refractivity contribution is -0.138. The molecule has 5 nitrogen and oxygen atoms in total. The van der Waals surface area contributed by atoms with Gasteiger partial charge in [-0.05, 0) is 38.1 Å². The number of hydrogen-bond acceptors (Lipinski definition) is 5. The molecule has 0 unspecified atom stereocenters. The van der Waals surface area contributed by atoms with Crippen LogP contribution in [0.5, 0.6) is 5.75 Å². The van der Waals surface area contributed by atoms with Crippen LogP contribution in [0.1, 0.15) is 19.4 Å². The van der Waals surface area contributed by atoms with Crippen LogP contribution in [0.4, 0.5) is 0 Å². The number of rotatable bonds is 4. The number of carbonyl (C=O) groups excluding carboxylic acids is 2. The summed E-state index contributed by atoms with van der Waals surface area (Å²) < 4.78 is 16.6.